The van der Waals surface area contributed by atoms with E-state index in [4.69, 9.17) is 15.6 Å². The standard InChI is InChI=1S/C12H15N3O4/c13-11(16)9-5-7(3-4-14-9)15-6-8-1-2-10(19-8)12(17)18/h3-5,8,10H,1-2,6H2,(H2,13,16)(H,14,15)(H,17,18). The largest absolute Gasteiger partial charge is 0.479 e. The van der Waals surface area contributed by atoms with Gasteiger partial charge in [0.1, 0.15) is 5.69 Å². The number of nitrogens with zero attached hydrogens (tertiary/aromatic N) is 1. The number of carbonyl (C=O) groups is 2. The Kier molecular flexibility index (Phi) is 3.96. The zero-order valence-electron chi connectivity index (χ0n) is 10.2. The van der Waals surface area contributed by atoms with E-state index in [9.17, 15) is 9.59 Å². The quantitative estimate of drug-likeness (QED) is 0.701. The van der Waals surface area contributed by atoms with Crippen molar-refractivity contribution in [2.24, 2.45) is 5.73 Å². The Labute approximate surface area is 109 Å². The van der Waals surface area contributed by atoms with Gasteiger partial charge >= 0.3 is 5.97 Å². The van der Waals surface area contributed by atoms with Gasteiger partial charge < -0.3 is 20.9 Å². The molecule has 0 aromatic carbocycles. The maximum absolute atomic E-state index is 11.0. The van der Waals surface area contributed by atoms with E-state index >= 15 is 0 Å². The van der Waals surface area contributed by atoms with E-state index in [1.165, 1.54) is 6.20 Å². The molecule has 0 saturated carbocycles. The van der Waals surface area contributed by atoms with Crippen LogP contribution < -0.4 is 11.1 Å². The number of pyridine rings is 1. The molecular formula is C12H15N3O4. The van der Waals surface area contributed by atoms with Gasteiger partial charge in [-0.15, -0.1) is 0 Å². The highest BCUT2D eigenvalue weighted by atomic mass is 16.5. The highest BCUT2D eigenvalue weighted by Crippen LogP contribution is 2.20. The van der Waals surface area contributed by atoms with Crippen LogP contribution in [0.3, 0.4) is 0 Å². The summed E-state index contributed by atoms with van der Waals surface area (Å²) in [6.45, 7) is 0.478. The second-order valence-corrected chi connectivity index (χ2v) is 4.34. The Morgan fingerprint density at radius 3 is 2.95 bits per heavy atom. The fraction of sp³-hybridized carbons (Fsp3) is 0.417. The molecule has 4 N–H and O–H groups in total. The summed E-state index contributed by atoms with van der Waals surface area (Å²) in [4.78, 5) is 25.5. The minimum atomic E-state index is -0.928. The number of aromatic nitrogens is 1. The van der Waals surface area contributed by atoms with Crippen LogP contribution in [0, 0.1) is 0 Å². The van der Waals surface area contributed by atoms with Crippen molar-refractivity contribution < 1.29 is 19.4 Å². The van der Waals surface area contributed by atoms with E-state index in [0.29, 0.717) is 25.1 Å². The number of hydrogen-bond acceptors (Lipinski definition) is 5. The Balaban J connectivity index is 1.88. The van der Waals surface area contributed by atoms with Crippen LogP contribution in [0.2, 0.25) is 0 Å². The first kappa shape index (κ1) is 13.3. The molecule has 19 heavy (non-hydrogen) atoms. The molecule has 1 aliphatic heterocycles. The SMILES string of the molecule is NC(=O)c1cc(NCC2CCC(C(=O)O)O2)ccn1. The van der Waals surface area contributed by atoms with E-state index in [0.717, 1.165) is 0 Å². The first-order valence-electron chi connectivity index (χ1n) is 5.94. The molecule has 2 heterocycles. The van der Waals surface area contributed by atoms with E-state index < -0.39 is 18.0 Å². The highest BCUT2D eigenvalue weighted by molar-refractivity contribution is 5.91. The molecule has 2 atom stereocenters. The normalized spacial score (nSPS) is 22.1. The van der Waals surface area contributed by atoms with E-state index in [-0.39, 0.29) is 11.8 Å². The van der Waals surface area contributed by atoms with Crippen LogP contribution >= 0.6 is 0 Å². The molecular weight excluding hydrogens is 250 g/mol. The molecule has 0 bridgehead atoms. The van der Waals surface area contributed by atoms with Crippen molar-refractivity contribution in [1.29, 1.82) is 0 Å². The summed E-state index contributed by atoms with van der Waals surface area (Å²) >= 11 is 0. The van der Waals surface area contributed by atoms with Crippen molar-refractivity contribution in [2.45, 2.75) is 25.0 Å². The van der Waals surface area contributed by atoms with E-state index in [1.807, 2.05) is 0 Å². The van der Waals surface area contributed by atoms with Crippen molar-refractivity contribution in [3.63, 3.8) is 0 Å². The van der Waals surface area contributed by atoms with Crippen molar-refractivity contribution in [2.75, 3.05) is 11.9 Å². The third kappa shape index (κ3) is 3.41. The van der Waals surface area contributed by atoms with Gasteiger partial charge in [0.25, 0.3) is 5.91 Å². The Morgan fingerprint density at radius 1 is 1.53 bits per heavy atom. The number of carboxylic acid groups (broad SMARTS) is 1. The number of nitrogens with two attached hydrogens (primary N) is 1. The highest BCUT2D eigenvalue weighted by Gasteiger charge is 2.30. The summed E-state index contributed by atoms with van der Waals surface area (Å²) in [6, 6.07) is 3.25. The van der Waals surface area contributed by atoms with Crippen molar-refractivity contribution in [3.8, 4) is 0 Å². The Morgan fingerprint density at radius 2 is 2.32 bits per heavy atom. The number of primary amides is 1. The second-order valence-electron chi connectivity index (χ2n) is 4.34. The fourth-order valence-corrected chi connectivity index (χ4v) is 1.94. The summed E-state index contributed by atoms with van der Waals surface area (Å²) in [5, 5.41) is 11.9. The molecule has 7 heteroatoms. The van der Waals surface area contributed by atoms with Gasteiger partial charge in [0.05, 0.1) is 6.10 Å². The van der Waals surface area contributed by atoms with Gasteiger partial charge in [-0.3, -0.25) is 9.78 Å². The van der Waals surface area contributed by atoms with Crippen LogP contribution in [0.15, 0.2) is 18.3 Å². The first-order valence-corrected chi connectivity index (χ1v) is 5.94. The van der Waals surface area contributed by atoms with Crippen LogP contribution in [0.4, 0.5) is 5.69 Å². The number of ether oxygens (including phenoxy) is 1. The molecule has 1 aromatic heterocycles. The maximum Gasteiger partial charge on any atom is 0.332 e. The smallest absolute Gasteiger partial charge is 0.332 e. The zero-order chi connectivity index (χ0) is 13.8. The van der Waals surface area contributed by atoms with Gasteiger partial charge in [-0.2, -0.15) is 0 Å². The number of rotatable bonds is 5. The summed E-state index contributed by atoms with van der Waals surface area (Å²) in [7, 11) is 0. The number of hydrogen-bond donors (Lipinski definition) is 3. The molecule has 1 saturated heterocycles. The van der Waals surface area contributed by atoms with Crippen molar-refractivity contribution in [3.05, 3.63) is 24.0 Å². The number of carboxylic acids is 1. The van der Waals surface area contributed by atoms with Crippen LogP contribution in [0.5, 0.6) is 0 Å². The van der Waals surface area contributed by atoms with Gasteiger partial charge in [0.15, 0.2) is 6.10 Å². The Hall–Kier alpha value is -2.15. The molecule has 7 nitrogen and oxygen atoms in total. The van der Waals surface area contributed by atoms with E-state index in [2.05, 4.69) is 10.3 Å². The molecule has 0 aliphatic carbocycles. The second kappa shape index (κ2) is 5.66. The Bertz CT molecular complexity index is 492. The molecule has 0 spiro atoms. The third-order valence-electron chi connectivity index (χ3n) is 2.93. The van der Waals surface area contributed by atoms with Gasteiger partial charge in [0, 0.05) is 18.4 Å². The lowest BCUT2D eigenvalue weighted by molar-refractivity contribution is -0.149. The van der Waals surface area contributed by atoms with Gasteiger partial charge in [-0.25, -0.2) is 4.79 Å². The molecule has 102 valence electrons. The predicted molar refractivity (Wildman–Crippen MR) is 66.8 cm³/mol. The van der Waals surface area contributed by atoms with Crippen LogP contribution in [0.1, 0.15) is 23.3 Å². The number of aliphatic carboxylic acids is 1. The fourth-order valence-electron chi connectivity index (χ4n) is 1.94. The zero-order valence-corrected chi connectivity index (χ0v) is 10.2. The number of anilines is 1. The molecule has 1 aliphatic rings. The lowest BCUT2D eigenvalue weighted by atomic mass is 10.2. The van der Waals surface area contributed by atoms with Gasteiger partial charge in [-0.1, -0.05) is 0 Å². The summed E-state index contributed by atoms with van der Waals surface area (Å²) in [5.41, 5.74) is 6.01. The number of carbonyl (C=O) groups excluding carboxylic acids is 1. The van der Waals surface area contributed by atoms with Gasteiger partial charge in [0.2, 0.25) is 0 Å². The number of nitrogens with one attached hydrogen (secondary N) is 1. The maximum atomic E-state index is 11.0. The molecule has 1 amide bonds. The summed E-state index contributed by atoms with van der Waals surface area (Å²) in [5.74, 6) is -1.52. The molecule has 2 unspecified atom stereocenters. The molecule has 1 fully saturated rings. The molecule has 0 radical (unpaired) electrons. The minimum Gasteiger partial charge on any atom is -0.479 e. The summed E-state index contributed by atoms with van der Waals surface area (Å²) in [6.07, 6.45) is 1.83. The lowest BCUT2D eigenvalue weighted by Crippen LogP contribution is -2.24. The monoisotopic (exact) mass is 265 g/mol. The molecule has 1 aromatic rings. The third-order valence-corrected chi connectivity index (χ3v) is 2.93. The van der Waals surface area contributed by atoms with Crippen molar-refractivity contribution >= 4 is 17.6 Å². The van der Waals surface area contributed by atoms with Crippen LogP contribution in [-0.4, -0.2) is 40.7 Å². The number of amides is 1. The summed E-state index contributed by atoms with van der Waals surface area (Å²) < 4.78 is 5.35. The van der Waals surface area contributed by atoms with Crippen LogP contribution in [-0.2, 0) is 9.53 Å². The predicted octanol–water partition coefficient (Wildman–Crippen LogP) is 0.225. The lowest BCUT2D eigenvalue weighted by Gasteiger charge is -2.13. The average molecular weight is 265 g/mol. The first-order chi connectivity index (χ1) is 9.06. The van der Waals surface area contributed by atoms with E-state index in [1.54, 1.807) is 12.1 Å². The average Bonchev–Trinajstić information content (AvgIpc) is 2.85. The van der Waals surface area contributed by atoms with Gasteiger partial charge in [-0.05, 0) is 25.0 Å². The van der Waals surface area contributed by atoms with Crippen molar-refractivity contribution in [1.82, 2.24) is 4.98 Å². The van der Waals surface area contributed by atoms with Crippen LogP contribution in [0.25, 0.3) is 0 Å². The molecule has 2 rings (SSSR count). The topological polar surface area (TPSA) is 115 Å². The minimum absolute atomic E-state index is 0.147.